The summed E-state index contributed by atoms with van der Waals surface area (Å²) in [5.41, 5.74) is 2.48. The molecule has 0 heterocycles. The molecule has 0 amide bonds. The molecule has 0 atom stereocenters. The Hall–Kier alpha value is 0.610. The first-order chi connectivity index (χ1) is 5.59. The van der Waals surface area contributed by atoms with E-state index in [1.54, 1.807) is 12.1 Å². The van der Waals surface area contributed by atoms with Crippen LogP contribution in [-0.2, 0) is 7.85 Å². The van der Waals surface area contributed by atoms with Gasteiger partial charge in [-0.3, -0.25) is 0 Å². The summed E-state index contributed by atoms with van der Waals surface area (Å²) in [5.74, 6) is -0.112. The average molecular weight is 388 g/mol. The van der Waals surface area contributed by atoms with E-state index < -0.39 is 0 Å². The zero-order valence-corrected chi connectivity index (χ0v) is 10.6. The Labute approximate surface area is 98.2 Å². The third-order valence-electron chi connectivity index (χ3n) is 2.17. The van der Waals surface area contributed by atoms with E-state index in [-0.39, 0.29) is 7.25 Å². The van der Waals surface area contributed by atoms with Crippen LogP contribution in [0.1, 0.15) is 17.5 Å². The van der Waals surface area contributed by atoms with Crippen LogP contribution in [0.25, 0.3) is 0 Å². The van der Waals surface area contributed by atoms with E-state index in [4.69, 9.17) is 0 Å². The van der Waals surface area contributed by atoms with E-state index in [2.05, 4.69) is 45.2 Å². The van der Waals surface area contributed by atoms with Crippen LogP contribution in [0.2, 0.25) is 0 Å². The van der Waals surface area contributed by atoms with Crippen LogP contribution in [0.3, 0.4) is 0 Å². The van der Waals surface area contributed by atoms with E-state index in [0.717, 1.165) is 12.8 Å². The molecule has 0 N–H and O–H groups in total. The molecule has 0 saturated carbocycles. The Kier molecular flexibility index (Phi) is 2.35. The zero-order valence-electron chi connectivity index (χ0n) is 6.28. The maximum atomic E-state index is 12.8. The van der Waals surface area contributed by atoms with E-state index in [0.29, 0.717) is 0 Å². The fraction of sp³-hybridized carbons (Fsp3) is 0.333. The second-order valence-electron chi connectivity index (χ2n) is 3.01. The van der Waals surface area contributed by atoms with Gasteiger partial charge in [-0.05, 0) is 36.1 Å². The van der Waals surface area contributed by atoms with Gasteiger partial charge < -0.3 is 0 Å². The molecule has 1 aliphatic carbocycles. The van der Waals surface area contributed by atoms with Crippen molar-refractivity contribution in [1.82, 2.24) is 0 Å². The van der Waals surface area contributed by atoms with Crippen molar-refractivity contribution in [2.45, 2.75) is 14.3 Å². The molecular formula is C9H7FI2. The summed E-state index contributed by atoms with van der Waals surface area (Å²) in [4.78, 5) is 0. The molecule has 0 radical (unpaired) electrons. The number of benzene rings is 1. The molecule has 0 aliphatic heterocycles. The van der Waals surface area contributed by atoms with E-state index >= 15 is 0 Å². The number of fused-ring (bicyclic) bond motifs is 1. The van der Waals surface area contributed by atoms with Gasteiger partial charge >= 0.3 is 0 Å². The normalized spacial score (nSPS) is 19.2. The number of hydrogen-bond acceptors (Lipinski definition) is 0. The first-order valence-corrected chi connectivity index (χ1v) is 5.92. The quantitative estimate of drug-likeness (QED) is 0.469. The number of rotatable bonds is 0. The second-order valence-corrected chi connectivity index (χ2v) is 8.75. The largest absolute Gasteiger partial charge is 0.207 e. The molecule has 0 fully saturated rings. The zero-order chi connectivity index (χ0) is 8.77. The fourth-order valence-electron chi connectivity index (χ4n) is 1.55. The summed E-state index contributed by atoms with van der Waals surface area (Å²) in [6, 6.07) is 5.13. The van der Waals surface area contributed by atoms with E-state index in [1.807, 2.05) is 6.07 Å². The van der Waals surface area contributed by atoms with E-state index in [1.165, 1.54) is 11.1 Å². The van der Waals surface area contributed by atoms with Crippen molar-refractivity contribution in [3.8, 4) is 0 Å². The Bertz CT molecular complexity index is 320. The van der Waals surface area contributed by atoms with Crippen LogP contribution >= 0.6 is 45.2 Å². The lowest BCUT2D eigenvalue weighted by atomic mass is 10.1. The Balaban J connectivity index is 2.55. The predicted molar refractivity (Wildman–Crippen MR) is 64.4 cm³/mol. The maximum absolute atomic E-state index is 12.8. The lowest BCUT2D eigenvalue weighted by Gasteiger charge is -2.13. The Morgan fingerprint density at radius 2 is 2.08 bits per heavy atom. The van der Waals surface area contributed by atoms with Gasteiger partial charge in [0.1, 0.15) is 5.82 Å². The van der Waals surface area contributed by atoms with Crippen molar-refractivity contribution >= 4 is 45.2 Å². The molecule has 0 saturated heterocycles. The predicted octanol–water partition coefficient (Wildman–Crippen LogP) is 3.79. The standard InChI is InChI=1S/C9H7FI2/c10-7-1-2-8-6(5-7)3-4-9(8,11)12/h1-2,5H,3-4H2. The lowest BCUT2D eigenvalue weighted by molar-refractivity contribution is 0.626. The van der Waals surface area contributed by atoms with Crippen molar-refractivity contribution in [3.63, 3.8) is 0 Å². The van der Waals surface area contributed by atoms with Crippen LogP contribution in [0.4, 0.5) is 4.39 Å². The summed E-state index contributed by atoms with van der Waals surface area (Å²) < 4.78 is 13.0. The van der Waals surface area contributed by atoms with Crippen molar-refractivity contribution in [3.05, 3.63) is 35.1 Å². The van der Waals surface area contributed by atoms with Crippen LogP contribution < -0.4 is 0 Å². The topological polar surface area (TPSA) is 0 Å². The number of hydrogen-bond donors (Lipinski definition) is 0. The van der Waals surface area contributed by atoms with Gasteiger partial charge in [0.2, 0.25) is 0 Å². The van der Waals surface area contributed by atoms with Gasteiger partial charge in [0.25, 0.3) is 0 Å². The molecule has 0 bridgehead atoms. The summed E-state index contributed by atoms with van der Waals surface area (Å²) in [5, 5.41) is 0. The average Bonchev–Trinajstić information content (AvgIpc) is 2.27. The minimum atomic E-state index is -0.112. The molecule has 1 aliphatic rings. The molecule has 0 unspecified atom stereocenters. The van der Waals surface area contributed by atoms with Crippen molar-refractivity contribution in [2.75, 3.05) is 0 Å². The van der Waals surface area contributed by atoms with Gasteiger partial charge in [0.05, 0.1) is 1.43 Å². The van der Waals surface area contributed by atoms with Gasteiger partial charge in [0.15, 0.2) is 0 Å². The van der Waals surface area contributed by atoms with E-state index in [9.17, 15) is 4.39 Å². The van der Waals surface area contributed by atoms with Gasteiger partial charge in [-0.1, -0.05) is 51.2 Å². The van der Waals surface area contributed by atoms with Crippen molar-refractivity contribution < 1.29 is 4.39 Å². The molecule has 0 spiro atoms. The summed E-state index contributed by atoms with van der Waals surface area (Å²) in [7, 11) is 0. The number of halogens is 3. The molecule has 1 aromatic carbocycles. The molecule has 0 nitrogen and oxygen atoms in total. The van der Waals surface area contributed by atoms with Gasteiger partial charge in [0, 0.05) is 0 Å². The van der Waals surface area contributed by atoms with Crippen LogP contribution in [0, 0.1) is 5.82 Å². The highest BCUT2D eigenvalue weighted by atomic mass is 127. The molecular weight excluding hydrogens is 381 g/mol. The third-order valence-corrected chi connectivity index (χ3v) is 4.41. The fourth-order valence-corrected chi connectivity index (χ4v) is 3.14. The van der Waals surface area contributed by atoms with Crippen molar-refractivity contribution in [2.24, 2.45) is 0 Å². The highest BCUT2D eigenvalue weighted by Gasteiger charge is 2.33. The Morgan fingerprint density at radius 3 is 2.83 bits per heavy atom. The van der Waals surface area contributed by atoms with Crippen molar-refractivity contribution in [1.29, 1.82) is 0 Å². The maximum Gasteiger partial charge on any atom is 0.123 e. The highest BCUT2D eigenvalue weighted by Crippen LogP contribution is 2.49. The SMILES string of the molecule is Fc1ccc2c(c1)CCC2(I)I. The third kappa shape index (κ3) is 1.49. The first kappa shape index (κ1) is 9.18. The van der Waals surface area contributed by atoms with Crippen LogP contribution in [0.5, 0.6) is 0 Å². The minimum Gasteiger partial charge on any atom is -0.207 e. The molecule has 0 aromatic heterocycles. The molecule has 12 heavy (non-hydrogen) atoms. The van der Waals surface area contributed by atoms with Gasteiger partial charge in [-0.15, -0.1) is 0 Å². The lowest BCUT2D eigenvalue weighted by Crippen LogP contribution is -2.01. The second kappa shape index (κ2) is 3.08. The van der Waals surface area contributed by atoms with Crippen LogP contribution in [0.15, 0.2) is 18.2 Å². The highest BCUT2D eigenvalue weighted by molar-refractivity contribution is 14.2. The molecule has 2 rings (SSSR count). The summed E-state index contributed by atoms with van der Waals surface area (Å²) in [6.07, 6.45) is 2.13. The first-order valence-electron chi connectivity index (χ1n) is 3.76. The molecule has 3 heteroatoms. The van der Waals surface area contributed by atoms with Gasteiger partial charge in [-0.25, -0.2) is 4.39 Å². The molecule has 64 valence electrons. The number of aryl methyl sites for hydroxylation is 1. The minimum absolute atomic E-state index is 0.112. The summed E-state index contributed by atoms with van der Waals surface area (Å²) >= 11 is 4.87. The van der Waals surface area contributed by atoms with Crippen LogP contribution in [-0.4, -0.2) is 0 Å². The summed E-state index contributed by atoms with van der Waals surface area (Å²) in [6.45, 7) is 0. The monoisotopic (exact) mass is 388 g/mol. The van der Waals surface area contributed by atoms with Gasteiger partial charge in [-0.2, -0.15) is 0 Å². The smallest absolute Gasteiger partial charge is 0.123 e. The molecule has 1 aromatic rings. The number of alkyl halides is 2. The Morgan fingerprint density at radius 1 is 1.33 bits per heavy atom.